The lowest BCUT2D eigenvalue weighted by Crippen LogP contribution is -2.16. The number of nitrogens with two attached hydrogens (primary N) is 1. The van der Waals surface area contributed by atoms with Gasteiger partial charge in [0.15, 0.2) is 6.29 Å². The predicted octanol–water partition coefficient (Wildman–Crippen LogP) is 4.97. The number of aldehydes is 1. The lowest BCUT2D eigenvalue weighted by atomic mass is 10.0. The summed E-state index contributed by atoms with van der Waals surface area (Å²) in [6.07, 6.45) is 0.691. The molecule has 9 heteroatoms. The minimum atomic E-state index is -4.06. The van der Waals surface area contributed by atoms with E-state index in [1.165, 1.54) is 10.7 Å². The van der Waals surface area contributed by atoms with Gasteiger partial charge in [-0.15, -0.1) is 0 Å². The van der Waals surface area contributed by atoms with Gasteiger partial charge in [0.1, 0.15) is 10.6 Å². The van der Waals surface area contributed by atoms with Crippen molar-refractivity contribution in [2.45, 2.75) is 4.90 Å². The van der Waals surface area contributed by atoms with Gasteiger partial charge >= 0.3 is 0 Å². The number of aromatic nitrogens is 2. The minimum Gasteiger partial charge on any atom is -0.298 e. The van der Waals surface area contributed by atoms with Crippen LogP contribution in [0.5, 0.6) is 0 Å². The highest BCUT2D eigenvalue weighted by Crippen LogP contribution is 2.35. The van der Waals surface area contributed by atoms with Gasteiger partial charge in [0.25, 0.3) is 0 Å². The van der Waals surface area contributed by atoms with E-state index < -0.39 is 10.0 Å². The first-order chi connectivity index (χ1) is 14.8. The maximum Gasteiger partial charge on any atom is 0.240 e. The molecule has 0 aliphatic rings. The Bertz CT molecular complexity index is 1380. The van der Waals surface area contributed by atoms with Gasteiger partial charge in [-0.05, 0) is 36.4 Å². The molecule has 6 nitrogen and oxygen atoms in total. The Morgan fingerprint density at radius 1 is 0.839 bits per heavy atom. The Kier molecular flexibility index (Phi) is 5.68. The van der Waals surface area contributed by atoms with Crippen LogP contribution in [0.1, 0.15) is 10.4 Å². The highest BCUT2D eigenvalue weighted by atomic mass is 35.5. The Labute approximate surface area is 188 Å². The molecule has 0 radical (unpaired) electrons. The van der Waals surface area contributed by atoms with Gasteiger partial charge in [0, 0.05) is 21.2 Å². The number of hydrogen-bond acceptors (Lipinski definition) is 4. The van der Waals surface area contributed by atoms with Crippen molar-refractivity contribution in [3.05, 3.63) is 88.4 Å². The fourth-order valence-electron chi connectivity index (χ4n) is 3.30. The topological polar surface area (TPSA) is 95.1 Å². The van der Waals surface area contributed by atoms with Crippen LogP contribution in [-0.2, 0) is 10.0 Å². The Balaban J connectivity index is 2.09. The van der Waals surface area contributed by atoms with Crippen molar-refractivity contribution in [3.63, 3.8) is 0 Å². The molecule has 0 spiro atoms. The van der Waals surface area contributed by atoms with Crippen molar-refractivity contribution in [1.82, 2.24) is 9.78 Å². The fourth-order valence-corrected chi connectivity index (χ4v) is 4.26. The van der Waals surface area contributed by atoms with Crippen LogP contribution in [0.15, 0.2) is 77.7 Å². The van der Waals surface area contributed by atoms with Gasteiger partial charge < -0.3 is 0 Å². The maximum absolute atomic E-state index is 12.2. The van der Waals surface area contributed by atoms with Gasteiger partial charge in [0.05, 0.1) is 16.9 Å². The van der Waals surface area contributed by atoms with Gasteiger partial charge in [-0.2, -0.15) is 5.10 Å². The van der Waals surface area contributed by atoms with E-state index >= 15 is 0 Å². The second-order valence-electron chi connectivity index (χ2n) is 6.67. The second-order valence-corrected chi connectivity index (χ2v) is 9.07. The molecule has 0 bridgehead atoms. The van der Waals surface area contributed by atoms with Crippen molar-refractivity contribution >= 4 is 39.5 Å². The quantitative estimate of drug-likeness (QED) is 0.415. The molecule has 1 heterocycles. The van der Waals surface area contributed by atoms with Crippen LogP contribution in [0, 0.1) is 0 Å². The van der Waals surface area contributed by atoms with E-state index in [0.717, 1.165) is 0 Å². The molecule has 31 heavy (non-hydrogen) atoms. The number of halogens is 2. The number of hydrogen-bond donors (Lipinski definition) is 1. The summed E-state index contributed by atoms with van der Waals surface area (Å²) in [5.74, 6) is 0. The van der Waals surface area contributed by atoms with E-state index in [0.29, 0.717) is 38.8 Å². The molecule has 0 atom stereocenters. The Morgan fingerprint density at radius 3 is 1.94 bits per heavy atom. The highest BCUT2D eigenvalue weighted by molar-refractivity contribution is 7.89. The summed E-state index contributed by atoms with van der Waals surface area (Å²) in [7, 11) is -4.06. The van der Waals surface area contributed by atoms with E-state index in [9.17, 15) is 13.2 Å². The average Bonchev–Trinajstić information content (AvgIpc) is 3.13. The monoisotopic (exact) mass is 471 g/mol. The highest BCUT2D eigenvalue weighted by Gasteiger charge is 2.24. The van der Waals surface area contributed by atoms with Crippen LogP contribution in [0.25, 0.3) is 28.2 Å². The van der Waals surface area contributed by atoms with Crippen LogP contribution in [0.3, 0.4) is 0 Å². The van der Waals surface area contributed by atoms with Gasteiger partial charge in [0.2, 0.25) is 10.0 Å². The van der Waals surface area contributed by atoms with Gasteiger partial charge in [-0.25, -0.2) is 18.2 Å². The third-order valence-electron chi connectivity index (χ3n) is 4.68. The van der Waals surface area contributed by atoms with Crippen molar-refractivity contribution in [2.24, 2.45) is 5.14 Å². The van der Waals surface area contributed by atoms with Crippen LogP contribution in [-0.4, -0.2) is 24.5 Å². The molecule has 1 aromatic heterocycles. The van der Waals surface area contributed by atoms with Crippen molar-refractivity contribution < 1.29 is 13.2 Å². The van der Waals surface area contributed by atoms with Gasteiger partial charge in [-0.3, -0.25) is 4.79 Å². The van der Waals surface area contributed by atoms with Gasteiger partial charge in [-0.1, -0.05) is 59.6 Å². The molecular formula is C22H15Cl2N3O3S. The number of para-hydroxylation sites is 1. The summed E-state index contributed by atoms with van der Waals surface area (Å²) < 4.78 is 25.9. The first-order valence-electron chi connectivity index (χ1n) is 9.02. The van der Waals surface area contributed by atoms with Crippen LogP contribution < -0.4 is 5.14 Å². The largest absolute Gasteiger partial charge is 0.298 e. The number of carbonyl (C=O) groups excluding carboxylic acids is 1. The second kappa shape index (κ2) is 8.28. The Hall–Kier alpha value is -2.97. The molecule has 4 rings (SSSR count). The molecule has 3 aromatic carbocycles. The first kappa shape index (κ1) is 21.3. The zero-order valence-corrected chi connectivity index (χ0v) is 18.2. The van der Waals surface area contributed by atoms with Crippen LogP contribution >= 0.6 is 23.2 Å². The summed E-state index contributed by atoms with van der Waals surface area (Å²) >= 11 is 12.0. The molecule has 156 valence electrons. The SMILES string of the molecule is NS(=O)(=O)c1ccccc1-n1nc(-c2ccc(Cl)cc2)c(C=O)c1-c1ccc(Cl)cc1. The number of sulfonamides is 1. The first-order valence-corrected chi connectivity index (χ1v) is 11.3. The van der Waals surface area contributed by atoms with E-state index in [2.05, 4.69) is 5.10 Å². The molecule has 0 fully saturated rings. The molecule has 0 saturated heterocycles. The summed E-state index contributed by atoms with van der Waals surface area (Å²) in [4.78, 5) is 12.1. The molecule has 0 saturated carbocycles. The maximum atomic E-state index is 12.2. The summed E-state index contributed by atoms with van der Waals surface area (Å²) in [6.45, 7) is 0. The van der Waals surface area contributed by atoms with E-state index in [-0.39, 0.29) is 16.1 Å². The van der Waals surface area contributed by atoms with E-state index in [4.69, 9.17) is 28.3 Å². The molecule has 0 aliphatic carbocycles. The fraction of sp³-hybridized carbons (Fsp3) is 0. The molecular weight excluding hydrogens is 457 g/mol. The molecule has 0 amide bonds. The molecule has 4 aromatic rings. The van der Waals surface area contributed by atoms with Crippen molar-refractivity contribution in [1.29, 1.82) is 0 Å². The predicted molar refractivity (Wildman–Crippen MR) is 121 cm³/mol. The summed E-state index contributed by atoms with van der Waals surface area (Å²) in [6, 6.07) is 19.9. The normalized spacial score (nSPS) is 11.5. The van der Waals surface area contributed by atoms with E-state index in [1.807, 2.05) is 0 Å². The van der Waals surface area contributed by atoms with E-state index in [1.54, 1.807) is 66.7 Å². The zero-order chi connectivity index (χ0) is 22.2. The van der Waals surface area contributed by atoms with Crippen LogP contribution in [0.2, 0.25) is 10.0 Å². The third kappa shape index (κ3) is 4.13. The summed E-state index contributed by atoms with van der Waals surface area (Å²) in [5.41, 5.74) is 2.57. The number of rotatable bonds is 5. The Morgan fingerprint density at radius 2 is 1.39 bits per heavy atom. The lowest BCUT2D eigenvalue weighted by molar-refractivity contribution is 0.112. The smallest absolute Gasteiger partial charge is 0.240 e. The van der Waals surface area contributed by atoms with Crippen molar-refractivity contribution in [3.8, 4) is 28.2 Å². The molecule has 0 unspecified atom stereocenters. The molecule has 0 aliphatic heterocycles. The van der Waals surface area contributed by atoms with Crippen molar-refractivity contribution in [2.75, 3.05) is 0 Å². The lowest BCUT2D eigenvalue weighted by Gasteiger charge is -2.12. The number of carbonyl (C=O) groups is 1. The zero-order valence-electron chi connectivity index (χ0n) is 15.9. The average molecular weight is 472 g/mol. The standard InChI is InChI=1S/C22H15Cl2N3O3S/c23-16-9-5-14(6-10-16)21-18(13-28)22(15-7-11-17(24)12-8-15)27(26-21)19-3-1-2-4-20(19)31(25,29)30/h1-13H,(H2,25,29,30). The number of benzene rings is 3. The number of primary sulfonamides is 1. The minimum absolute atomic E-state index is 0.118. The summed E-state index contributed by atoms with van der Waals surface area (Å²) in [5, 5.41) is 11.1. The number of nitrogens with zero attached hydrogens (tertiary/aromatic N) is 2. The third-order valence-corrected chi connectivity index (χ3v) is 6.14. The van der Waals surface area contributed by atoms with Crippen LogP contribution in [0.4, 0.5) is 0 Å². The molecule has 2 N–H and O–H groups in total.